The maximum Gasteiger partial charge on any atom is 0.335 e. The van der Waals surface area contributed by atoms with E-state index >= 15 is 0 Å². The number of rotatable bonds is 6. The van der Waals surface area contributed by atoms with Crippen LogP contribution >= 0.6 is 0 Å². The maximum atomic E-state index is 12.7. The summed E-state index contributed by atoms with van der Waals surface area (Å²) in [5, 5.41) is 5.80. The molecule has 5 amide bonds. The Kier molecular flexibility index (Phi) is 6.06. The van der Waals surface area contributed by atoms with Gasteiger partial charge in [0.1, 0.15) is 11.5 Å². The summed E-state index contributed by atoms with van der Waals surface area (Å²) in [4.78, 5) is 49.9. The van der Waals surface area contributed by atoms with E-state index in [1.165, 1.54) is 38.5 Å². The minimum atomic E-state index is -1.39. The van der Waals surface area contributed by atoms with Crippen LogP contribution in [0.1, 0.15) is 10.4 Å². The minimum Gasteiger partial charge on any atom is -0.497 e. The maximum absolute atomic E-state index is 12.7. The number of nitrogens with one attached hydrogen (secondary N) is 2. The van der Waals surface area contributed by atoms with E-state index in [0.717, 1.165) is 11.1 Å². The van der Waals surface area contributed by atoms with Crippen molar-refractivity contribution < 1.29 is 28.7 Å². The first-order valence-corrected chi connectivity index (χ1v) is 8.75. The molecule has 10 heteroatoms. The number of carbonyl (C=O) groups excluding carboxylic acids is 4. The van der Waals surface area contributed by atoms with E-state index in [1.54, 1.807) is 24.3 Å². The molecule has 2 aromatic rings. The molecule has 2 N–H and O–H groups in total. The summed E-state index contributed by atoms with van der Waals surface area (Å²) in [6, 6.07) is 11.6. The largest absolute Gasteiger partial charge is 0.497 e. The number of carbonyl (C=O) groups is 4. The van der Waals surface area contributed by atoms with Gasteiger partial charge in [-0.25, -0.2) is 15.1 Å². The van der Waals surface area contributed by atoms with Crippen LogP contribution in [-0.4, -0.2) is 44.2 Å². The molecule has 2 aromatic carbocycles. The molecule has 1 aliphatic rings. The fraction of sp³-hybridized carbons (Fsp3) is 0.150. The van der Waals surface area contributed by atoms with Gasteiger partial charge in [-0.2, -0.15) is 5.10 Å². The zero-order chi connectivity index (χ0) is 21.7. The quantitative estimate of drug-likeness (QED) is 0.420. The third-order valence-electron chi connectivity index (χ3n) is 4.27. The zero-order valence-electron chi connectivity index (χ0n) is 16.1. The number of amides is 5. The number of methoxy groups -OCH3 is 2. The standard InChI is InChI=1S/C20H18N4O6/c1-29-14-7-3-12(4-8-14)17(25)23-21-11-16-18(26)22-20(28)24(19(16)27)13-5-9-15(30-2)10-6-13/h3-11,16H,1-2H3,(H,23,25)(H,22,26,28)/b21-11-/t16-/m1/s1. The van der Waals surface area contributed by atoms with Crippen LogP contribution in [0.25, 0.3) is 0 Å². The molecule has 1 aliphatic heterocycles. The lowest BCUT2D eigenvalue weighted by Gasteiger charge is -2.28. The van der Waals surface area contributed by atoms with E-state index in [4.69, 9.17) is 9.47 Å². The van der Waals surface area contributed by atoms with E-state index in [2.05, 4.69) is 15.8 Å². The molecular weight excluding hydrogens is 392 g/mol. The fourth-order valence-corrected chi connectivity index (χ4v) is 2.67. The summed E-state index contributed by atoms with van der Waals surface area (Å²) in [6.45, 7) is 0. The van der Waals surface area contributed by atoms with Gasteiger partial charge < -0.3 is 9.47 Å². The van der Waals surface area contributed by atoms with Gasteiger partial charge in [0.25, 0.3) is 11.8 Å². The van der Waals surface area contributed by atoms with Gasteiger partial charge in [-0.15, -0.1) is 0 Å². The van der Waals surface area contributed by atoms with Crippen molar-refractivity contribution in [3.63, 3.8) is 0 Å². The highest BCUT2D eigenvalue weighted by molar-refractivity contribution is 6.32. The van der Waals surface area contributed by atoms with E-state index in [1.807, 2.05) is 0 Å². The summed E-state index contributed by atoms with van der Waals surface area (Å²) >= 11 is 0. The SMILES string of the molecule is COc1ccc(C(=O)N/N=C\[C@@H]2C(=O)NC(=O)N(c3ccc(OC)cc3)C2=O)cc1. The first kappa shape index (κ1) is 20.5. The number of urea groups is 1. The molecule has 30 heavy (non-hydrogen) atoms. The van der Waals surface area contributed by atoms with Crippen LogP contribution in [0.4, 0.5) is 10.5 Å². The van der Waals surface area contributed by atoms with Crippen molar-refractivity contribution in [2.45, 2.75) is 0 Å². The second-order valence-electron chi connectivity index (χ2n) is 6.09. The molecule has 0 spiro atoms. The number of hydrogen-bond donors (Lipinski definition) is 2. The molecular formula is C20H18N4O6. The van der Waals surface area contributed by atoms with E-state index in [0.29, 0.717) is 17.1 Å². The summed E-state index contributed by atoms with van der Waals surface area (Å²) in [7, 11) is 2.99. The minimum absolute atomic E-state index is 0.256. The Bertz CT molecular complexity index is 1000. The van der Waals surface area contributed by atoms with Crippen LogP contribution < -0.4 is 25.1 Å². The molecule has 0 bridgehead atoms. The molecule has 0 radical (unpaired) electrons. The van der Waals surface area contributed by atoms with Crippen LogP contribution in [-0.2, 0) is 9.59 Å². The van der Waals surface area contributed by atoms with Gasteiger partial charge in [-0.1, -0.05) is 0 Å². The predicted octanol–water partition coefficient (Wildman–Crippen LogP) is 1.32. The van der Waals surface area contributed by atoms with Crippen molar-refractivity contribution in [1.29, 1.82) is 0 Å². The van der Waals surface area contributed by atoms with E-state index < -0.39 is 29.7 Å². The smallest absolute Gasteiger partial charge is 0.335 e. The van der Waals surface area contributed by atoms with Crippen LogP contribution in [0.15, 0.2) is 53.6 Å². The van der Waals surface area contributed by atoms with Crippen molar-refractivity contribution in [2.24, 2.45) is 11.0 Å². The molecule has 0 aromatic heterocycles. The molecule has 0 aliphatic carbocycles. The van der Waals surface area contributed by atoms with Gasteiger partial charge in [0.05, 0.1) is 19.9 Å². The first-order chi connectivity index (χ1) is 14.4. The van der Waals surface area contributed by atoms with Crippen LogP contribution in [0.5, 0.6) is 11.5 Å². The molecule has 10 nitrogen and oxygen atoms in total. The highest BCUT2D eigenvalue weighted by atomic mass is 16.5. The van der Waals surface area contributed by atoms with Gasteiger partial charge in [0.15, 0.2) is 5.92 Å². The van der Waals surface area contributed by atoms with Gasteiger partial charge in [-0.05, 0) is 48.5 Å². The van der Waals surface area contributed by atoms with Crippen LogP contribution in [0, 0.1) is 5.92 Å². The second-order valence-corrected chi connectivity index (χ2v) is 6.09. The normalized spacial score (nSPS) is 16.4. The highest BCUT2D eigenvalue weighted by Gasteiger charge is 2.40. The Hall–Kier alpha value is -4.21. The second kappa shape index (κ2) is 8.86. The van der Waals surface area contributed by atoms with Gasteiger partial charge >= 0.3 is 6.03 Å². The summed E-state index contributed by atoms with van der Waals surface area (Å²) in [6.07, 6.45) is 0.974. The van der Waals surface area contributed by atoms with Gasteiger partial charge in [-0.3, -0.25) is 19.7 Å². The summed E-state index contributed by atoms with van der Waals surface area (Å²) in [5.74, 6) is -2.43. The third kappa shape index (κ3) is 4.27. The number of benzene rings is 2. The average molecular weight is 410 g/mol. The number of hydrogen-bond acceptors (Lipinski definition) is 7. The van der Waals surface area contributed by atoms with Crippen molar-refractivity contribution in [3.8, 4) is 11.5 Å². The number of hydrazone groups is 1. The van der Waals surface area contributed by atoms with E-state index in [-0.39, 0.29) is 5.69 Å². The Labute approximate surface area is 171 Å². The number of imide groups is 2. The number of barbiturate groups is 1. The van der Waals surface area contributed by atoms with Crippen LogP contribution in [0.3, 0.4) is 0 Å². The molecule has 1 atom stereocenters. The van der Waals surface area contributed by atoms with Gasteiger partial charge in [0, 0.05) is 11.8 Å². The fourth-order valence-electron chi connectivity index (χ4n) is 2.67. The lowest BCUT2D eigenvalue weighted by Crippen LogP contribution is -2.58. The topological polar surface area (TPSA) is 126 Å². The molecule has 1 fully saturated rings. The molecule has 1 saturated heterocycles. The number of anilines is 1. The molecule has 154 valence electrons. The third-order valence-corrected chi connectivity index (χ3v) is 4.27. The Morgan fingerprint density at radius 2 is 1.57 bits per heavy atom. The first-order valence-electron chi connectivity index (χ1n) is 8.75. The molecule has 0 unspecified atom stereocenters. The summed E-state index contributed by atoms with van der Waals surface area (Å²) in [5.41, 5.74) is 2.81. The Morgan fingerprint density at radius 3 is 2.13 bits per heavy atom. The van der Waals surface area contributed by atoms with Crippen molar-refractivity contribution in [3.05, 3.63) is 54.1 Å². The number of ether oxygens (including phenoxy) is 2. The van der Waals surface area contributed by atoms with Gasteiger partial charge in [0.2, 0.25) is 5.91 Å². The highest BCUT2D eigenvalue weighted by Crippen LogP contribution is 2.23. The average Bonchev–Trinajstić information content (AvgIpc) is 2.76. The Morgan fingerprint density at radius 1 is 1.00 bits per heavy atom. The zero-order valence-corrected chi connectivity index (χ0v) is 16.1. The van der Waals surface area contributed by atoms with Crippen LogP contribution in [0.2, 0.25) is 0 Å². The summed E-state index contributed by atoms with van der Waals surface area (Å²) < 4.78 is 10.1. The predicted molar refractivity (Wildman–Crippen MR) is 106 cm³/mol. The Balaban J connectivity index is 1.72. The van der Waals surface area contributed by atoms with E-state index in [9.17, 15) is 19.2 Å². The molecule has 1 heterocycles. The van der Waals surface area contributed by atoms with Crippen molar-refractivity contribution in [1.82, 2.24) is 10.7 Å². The van der Waals surface area contributed by atoms with Crippen molar-refractivity contribution >= 4 is 35.7 Å². The molecule has 3 rings (SSSR count). The monoisotopic (exact) mass is 410 g/mol. The molecule has 0 saturated carbocycles. The number of nitrogens with zero attached hydrogens (tertiary/aromatic N) is 2. The lowest BCUT2D eigenvalue weighted by molar-refractivity contribution is -0.131. The lowest BCUT2D eigenvalue weighted by atomic mass is 10.1. The van der Waals surface area contributed by atoms with Crippen molar-refractivity contribution in [2.75, 3.05) is 19.1 Å².